The van der Waals surface area contributed by atoms with Gasteiger partial charge in [-0.05, 0) is 19.8 Å². The molecule has 0 bridgehead atoms. The summed E-state index contributed by atoms with van der Waals surface area (Å²) in [6, 6.07) is 0. The van der Waals surface area contributed by atoms with Crippen LogP contribution in [-0.4, -0.2) is 38.7 Å². The molecule has 0 aromatic rings. The van der Waals surface area contributed by atoms with E-state index in [4.69, 9.17) is 4.74 Å². The summed E-state index contributed by atoms with van der Waals surface area (Å²) in [6.07, 6.45) is 2.26. The van der Waals surface area contributed by atoms with Crippen LogP contribution in [0.3, 0.4) is 0 Å². The molecule has 0 rings (SSSR count). The molecule has 0 unspecified atom stereocenters. The molecule has 0 aliphatic carbocycles. The minimum atomic E-state index is -0.138. The normalized spacial score (nSPS) is 11.1. The Balaban J connectivity index is 3.52. The van der Waals surface area contributed by atoms with Crippen molar-refractivity contribution in [3.8, 4) is 0 Å². The van der Waals surface area contributed by atoms with Crippen LogP contribution in [0, 0.1) is 0 Å². The highest BCUT2D eigenvalue weighted by Gasteiger charge is 2.01. The Bertz CT molecular complexity index is 217. The van der Waals surface area contributed by atoms with E-state index in [2.05, 4.69) is 22.5 Å². The van der Waals surface area contributed by atoms with Gasteiger partial charge in [-0.15, -0.1) is 0 Å². The fourth-order valence-corrected chi connectivity index (χ4v) is 1.14. The van der Waals surface area contributed by atoms with Crippen molar-refractivity contribution in [3.63, 3.8) is 0 Å². The lowest BCUT2D eigenvalue weighted by Crippen LogP contribution is -2.38. The highest BCUT2D eigenvalue weighted by Crippen LogP contribution is 1.91. The van der Waals surface area contributed by atoms with Crippen LogP contribution in [0.5, 0.6) is 0 Å². The number of carbonyl (C=O) groups is 1. The summed E-state index contributed by atoms with van der Waals surface area (Å²) in [4.78, 5) is 15.1. The molecule has 5 heteroatoms. The molecule has 0 aromatic carbocycles. The number of esters is 1. The standard InChI is InChI=1S/C11H23N3O2/c1-4-8-13-11(12-3)14-9-6-7-10(15)16-5-2/h4-9H2,1-3H3,(H2,12,13,14). The lowest BCUT2D eigenvalue weighted by atomic mass is 10.3. The van der Waals surface area contributed by atoms with Gasteiger partial charge in [-0.3, -0.25) is 9.79 Å². The number of carbonyl (C=O) groups excluding carboxylic acids is 1. The largest absolute Gasteiger partial charge is 0.466 e. The molecule has 94 valence electrons. The van der Waals surface area contributed by atoms with Crippen LogP contribution in [0.1, 0.15) is 33.1 Å². The van der Waals surface area contributed by atoms with Gasteiger partial charge in [0.05, 0.1) is 6.61 Å². The minimum absolute atomic E-state index is 0.138. The maximum atomic E-state index is 11.0. The average molecular weight is 229 g/mol. The molecule has 2 N–H and O–H groups in total. The first kappa shape index (κ1) is 14.7. The van der Waals surface area contributed by atoms with Gasteiger partial charge in [-0.25, -0.2) is 0 Å². The van der Waals surface area contributed by atoms with Gasteiger partial charge in [0.2, 0.25) is 0 Å². The lowest BCUT2D eigenvalue weighted by Gasteiger charge is -2.10. The number of aliphatic imine (C=N–C) groups is 1. The number of ether oxygens (including phenoxy) is 1. The zero-order valence-electron chi connectivity index (χ0n) is 10.5. The molecule has 0 saturated carbocycles. The second-order valence-corrected chi connectivity index (χ2v) is 3.33. The second kappa shape index (κ2) is 10.3. The van der Waals surface area contributed by atoms with E-state index in [0.29, 0.717) is 13.0 Å². The molecular weight excluding hydrogens is 206 g/mol. The van der Waals surface area contributed by atoms with Crippen molar-refractivity contribution >= 4 is 11.9 Å². The molecular formula is C11H23N3O2. The van der Waals surface area contributed by atoms with Crippen molar-refractivity contribution < 1.29 is 9.53 Å². The van der Waals surface area contributed by atoms with E-state index in [1.54, 1.807) is 7.05 Å². The third kappa shape index (κ3) is 8.08. The third-order valence-electron chi connectivity index (χ3n) is 1.92. The van der Waals surface area contributed by atoms with Crippen LogP contribution >= 0.6 is 0 Å². The molecule has 0 heterocycles. The van der Waals surface area contributed by atoms with Gasteiger partial charge in [0.25, 0.3) is 0 Å². The predicted molar refractivity (Wildman–Crippen MR) is 65.5 cm³/mol. The first-order valence-corrected chi connectivity index (χ1v) is 5.84. The SMILES string of the molecule is CCCNC(=NC)NCCCC(=O)OCC. The Morgan fingerprint density at radius 1 is 1.25 bits per heavy atom. The third-order valence-corrected chi connectivity index (χ3v) is 1.92. The molecule has 0 aliphatic heterocycles. The molecule has 0 aliphatic rings. The molecule has 0 fully saturated rings. The van der Waals surface area contributed by atoms with Gasteiger partial charge in [0.1, 0.15) is 0 Å². The Labute approximate surface area is 97.7 Å². The van der Waals surface area contributed by atoms with Crippen molar-refractivity contribution in [2.24, 2.45) is 4.99 Å². The van der Waals surface area contributed by atoms with E-state index in [1.165, 1.54) is 0 Å². The lowest BCUT2D eigenvalue weighted by molar-refractivity contribution is -0.143. The molecule has 0 aromatic heterocycles. The number of rotatable bonds is 7. The molecule has 0 amide bonds. The quantitative estimate of drug-likeness (QED) is 0.295. The summed E-state index contributed by atoms with van der Waals surface area (Å²) in [6.45, 7) is 5.99. The van der Waals surface area contributed by atoms with Gasteiger partial charge in [0.15, 0.2) is 5.96 Å². The summed E-state index contributed by atoms with van der Waals surface area (Å²) >= 11 is 0. The summed E-state index contributed by atoms with van der Waals surface area (Å²) in [5.74, 6) is 0.645. The van der Waals surface area contributed by atoms with Crippen LogP contribution in [0.4, 0.5) is 0 Å². The van der Waals surface area contributed by atoms with Crippen LogP contribution < -0.4 is 10.6 Å². The number of hydrogen-bond acceptors (Lipinski definition) is 3. The number of nitrogens with one attached hydrogen (secondary N) is 2. The van der Waals surface area contributed by atoms with Gasteiger partial charge < -0.3 is 15.4 Å². The molecule has 5 nitrogen and oxygen atoms in total. The maximum absolute atomic E-state index is 11.0. The van der Waals surface area contributed by atoms with E-state index >= 15 is 0 Å². The predicted octanol–water partition coefficient (Wildman–Crippen LogP) is 0.905. The van der Waals surface area contributed by atoms with E-state index in [9.17, 15) is 4.79 Å². The van der Waals surface area contributed by atoms with E-state index in [1.807, 2.05) is 6.92 Å². The van der Waals surface area contributed by atoms with Gasteiger partial charge in [-0.1, -0.05) is 6.92 Å². The Morgan fingerprint density at radius 2 is 1.94 bits per heavy atom. The average Bonchev–Trinajstić information content (AvgIpc) is 2.28. The van der Waals surface area contributed by atoms with E-state index in [0.717, 1.165) is 31.9 Å². The van der Waals surface area contributed by atoms with Crippen molar-refractivity contribution in [3.05, 3.63) is 0 Å². The topological polar surface area (TPSA) is 62.7 Å². The highest BCUT2D eigenvalue weighted by atomic mass is 16.5. The van der Waals surface area contributed by atoms with E-state index < -0.39 is 0 Å². The summed E-state index contributed by atoms with van der Waals surface area (Å²) in [7, 11) is 1.73. The Hall–Kier alpha value is -1.26. The molecule has 0 spiro atoms. The van der Waals surface area contributed by atoms with Crippen LogP contribution in [0.2, 0.25) is 0 Å². The second-order valence-electron chi connectivity index (χ2n) is 3.33. The van der Waals surface area contributed by atoms with Crippen molar-refractivity contribution in [2.75, 3.05) is 26.7 Å². The van der Waals surface area contributed by atoms with Crippen molar-refractivity contribution in [1.29, 1.82) is 0 Å². The van der Waals surface area contributed by atoms with Crippen LogP contribution in [0.15, 0.2) is 4.99 Å². The summed E-state index contributed by atoms with van der Waals surface area (Å²) < 4.78 is 4.83. The number of hydrogen-bond donors (Lipinski definition) is 2. The van der Waals surface area contributed by atoms with Crippen LogP contribution in [0.25, 0.3) is 0 Å². The molecule has 0 saturated heterocycles. The molecule has 0 radical (unpaired) electrons. The Kier molecular flexibility index (Phi) is 9.46. The summed E-state index contributed by atoms with van der Waals surface area (Å²) in [5.41, 5.74) is 0. The highest BCUT2D eigenvalue weighted by molar-refractivity contribution is 5.79. The maximum Gasteiger partial charge on any atom is 0.305 e. The van der Waals surface area contributed by atoms with E-state index in [-0.39, 0.29) is 5.97 Å². The smallest absolute Gasteiger partial charge is 0.305 e. The fourth-order valence-electron chi connectivity index (χ4n) is 1.14. The number of guanidine groups is 1. The van der Waals surface area contributed by atoms with Crippen molar-refractivity contribution in [1.82, 2.24) is 10.6 Å². The number of nitrogens with zero attached hydrogens (tertiary/aromatic N) is 1. The van der Waals surface area contributed by atoms with Crippen molar-refractivity contribution in [2.45, 2.75) is 33.1 Å². The van der Waals surface area contributed by atoms with Crippen LogP contribution in [-0.2, 0) is 9.53 Å². The first-order chi connectivity index (χ1) is 7.74. The fraction of sp³-hybridized carbons (Fsp3) is 0.818. The van der Waals surface area contributed by atoms with Gasteiger partial charge >= 0.3 is 5.97 Å². The minimum Gasteiger partial charge on any atom is -0.466 e. The Morgan fingerprint density at radius 3 is 2.50 bits per heavy atom. The van der Waals surface area contributed by atoms with Gasteiger partial charge in [-0.2, -0.15) is 0 Å². The molecule has 0 atom stereocenters. The first-order valence-electron chi connectivity index (χ1n) is 5.84. The zero-order valence-corrected chi connectivity index (χ0v) is 10.5. The monoisotopic (exact) mass is 229 g/mol. The summed E-state index contributed by atoms with van der Waals surface area (Å²) in [5, 5.41) is 6.29. The van der Waals surface area contributed by atoms with Gasteiger partial charge in [0, 0.05) is 26.6 Å². The zero-order chi connectivity index (χ0) is 12.2. The molecule has 16 heavy (non-hydrogen) atoms.